The summed E-state index contributed by atoms with van der Waals surface area (Å²) in [6.07, 6.45) is 2.66. The Balaban J connectivity index is 1.34. The first-order valence-electron chi connectivity index (χ1n) is 11.8. The maximum absolute atomic E-state index is 12.7. The number of thioether (sulfide) groups is 1. The molecule has 38 heavy (non-hydrogen) atoms. The molecule has 1 aliphatic rings. The van der Waals surface area contributed by atoms with Crippen molar-refractivity contribution in [3.63, 3.8) is 0 Å². The lowest BCUT2D eigenvalue weighted by Gasteiger charge is -2.08. The van der Waals surface area contributed by atoms with Crippen molar-refractivity contribution in [3.8, 4) is 0 Å². The highest BCUT2D eigenvalue weighted by Gasteiger charge is 2.28. The van der Waals surface area contributed by atoms with Crippen molar-refractivity contribution in [2.75, 3.05) is 17.7 Å². The Morgan fingerprint density at radius 2 is 2.05 bits per heavy atom. The van der Waals surface area contributed by atoms with E-state index in [0.717, 1.165) is 29.7 Å². The number of nitro groups is 1. The van der Waals surface area contributed by atoms with Gasteiger partial charge in [0.1, 0.15) is 5.00 Å². The number of rotatable bonds is 10. The van der Waals surface area contributed by atoms with Crippen molar-refractivity contribution < 1.29 is 24.0 Å². The summed E-state index contributed by atoms with van der Waals surface area (Å²) in [5, 5.41) is 25.8. The first-order chi connectivity index (χ1) is 18.2. The van der Waals surface area contributed by atoms with Crippen LogP contribution in [0.5, 0.6) is 0 Å². The number of esters is 1. The SMILES string of the molecule is CCOC(=O)c1c(NC(=O)CSc2nnc(CNC(=O)c3ccc(C)c([N+](=O)[O-])c3)n2C)sc2c1CCC2. The Bertz CT molecular complexity index is 1420. The predicted molar refractivity (Wildman–Crippen MR) is 142 cm³/mol. The van der Waals surface area contributed by atoms with E-state index < -0.39 is 16.8 Å². The molecule has 0 aliphatic heterocycles. The zero-order chi connectivity index (χ0) is 27.4. The van der Waals surface area contributed by atoms with Gasteiger partial charge in [-0.25, -0.2) is 4.79 Å². The van der Waals surface area contributed by atoms with E-state index in [1.165, 1.54) is 41.3 Å². The maximum atomic E-state index is 12.7. The molecule has 1 aliphatic carbocycles. The fourth-order valence-corrected chi connectivity index (χ4v) is 6.06. The van der Waals surface area contributed by atoms with Gasteiger partial charge in [-0.3, -0.25) is 19.7 Å². The summed E-state index contributed by atoms with van der Waals surface area (Å²) in [6, 6.07) is 4.27. The van der Waals surface area contributed by atoms with Gasteiger partial charge in [0.05, 0.1) is 29.4 Å². The summed E-state index contributed by atoms with van der Waals surface area (Å²) in [5.41, 5.74) is 1.92. The highest BCUT2D eigenvalue weighted by atomic mass is 32.2. The van der Waals surface area contributed by atoms with E-state index in [9.17, 15) is 24.5 Å². The molecular formula is C24H26N6O6S2. The average molecular weight is 559 g/mol. The number of aromatic nitrogens is 3. The number of thiophene rings is 1. The van der Waals surface area contributed by atoms with Crippen LogP contribution in [0, 0.1) is 17.0 Å². The lowest BCUT2D eigenvalue weighted by atomic mass is 10.1. The van der Waals surface area contributed by atoms with Crippen molar-refractivity contribution in [3.05, 3.63) is 61.3 Å². The van der Waals surface area contributed by atoms with Crippen LogP contribution < -0.4 is 10.6 Å². The standard InChI is InChI=1S/C24H26N6O6S2/c1-4-36-23(33)20-15-6-5-7-17(15)38-22(20)26-19(31)12-37-24-28-27-18(29(24)3)11-25-21(32)14-9-8-13(2)16(10-14)30(34)35/h8-10H,4-7,11-12H2,1-3H3,(H,25,32)(H,26,31). The molecule has 0 bridgehead atoms. The minimum atomic E-state index is -0.530. The minimum Gasteiger partial charge on any atom is -0.462 e. The van der Waals surface area contributed by atoms with Gasteiger partial charge in [-0.2, -0.15) is 0 Å². The molecule has 0 spiro atoms. The van der Waals surface area contributed by atoms with E-state index in [1.54, 1.807) is 25.5 Å². The number of ether oxygens (including phenoxy) is 1. The molecule has 200 valence electrons. The molecule has 14 heteroatoms. The zero-order valence-electron chi connectivity index (χ0n) is 21.0. The number of amides is 2. The summed E-state index contributed by atoms with van der Waals surface area (Å²) in [4.78, 5) is 49.4. The molecule has 1 aromatic carbocycles. The van der Waals surface area contributed by atoms with Crippen LogP contribution >= 0.6 is 23.1 Å². The molecule has 3 aromatic rings. The molecule has 0 saturated carbocycles. The lowest BCUT2D eigenvalue weighted by molar-refractivity contribution is -0.385. The number of anilines is 1. The molecule has 2 heterocycles. The van der Waals surface area contributed by atoms with E-state index in [0.29, 0.717) is 27.1 Å². The first-order valence-corrected chi connectivity index (χ1v) is 13.7. The summed E-state index contributed by atoms with van der Waals surface area (Å²) in [6.45, 7) is 3.65. The third-order valence-electron chi connectivity index (χ3n) is 5.99. The van der Waals surface area contributed by atoms with E-state index in [1.807, 2.05) is 0 Å². The molecule has 0 atom stereocenters. The van der Waals surface area contributed by atoms with Crippen LogP contribution in [-0.2, 0) is 36.0 Å². The van der Waals surface area contributed by atoms with Gasteiger partial charge in [0.2, 0.25) is 5.91 Å². The van der Waals surface area contributed by atoms with Crippen LogP contribution in [0.2, 0.25) is 0 Å². The largest absolute Gasteiger partial charge is 0.462 e. The Hall–Kier alpha value is -3.78. The molecule has 0 unspecified atom stereocenters. The highest BCUT2D eigenvalue weighted by molar-refractivity contribution is 7.99. The molecule has 4 rings (SSSR count). The molecular weight excluding hydrogens is 532 g/mol. The Kier molecular flexibility index (Phi) is 8.42. The summed E-state index contributed by atoms with van der Waals surface area (Å²) in [7, 11) is 1.71. The third kappa shape index (κ3) is 5.86. The Morgan fingerprint density at radius 3 is 2.79 bits per heavy atom. The Labute approximate surface area is 226 Å². The van der Waals surface area contributed by atoms with Crippen LogP contribution in [-0.4, -0.2) is 49.8 Å². The molecule has 2 amide bonds. The number of carbonyl (C=O) groups is 3. The van der Waals surface area contributed by atoms with Crippen LogP contribution in [0.15, 0.2) is 23.4 Å². The topological polar surface area (TPSA) is 158 Å². The second-order valence-electron chi connectivity index (χ2n) is 8.52. The maximum Gasteiger partial charge on any atom is 0.341 e. The van der Waals surface area contributed by atoms with Crippen molar-refractivity contribution in [2.24, 2.45) is 7.05 Å². The van der Waals surface area contributed by atoms with E-state index >= 15 is 0 Å². The quantitative estimate of drug-likeness (QED) is 0.165. The second-order valence-corrected chi connectivity index (χ2v) is 10.6. The minimum absolute atomic E-state index is 0.0379. The van der Waals surface area contributed by atoms with Crippen molar-refractivity contribution in [2.45, 2.75) is 44.8 Å². The van der Waals surface area contributed by atoms with Gasteiger partial charge in [-0.05, 0) is 44.7 Å². The van der Waals surface area contributed by atoms with Gasteiger partial charge in [0, 0.05) is 29.1 Å². The van der Waals surface area contributed by atoms with Gasteiger partial charge in [0.15, 0.2) is 11.0 Å². The van der Waals surface area contributed by atoms with Gasteiger partial charge in [0.25, 0.3) is 11.6 Å². The number of benzene rings is 1. The third-order valence-corrected chi connectivity index (χ3v) is 8.21. The average Bonchev–Trinajstić information content (AvgIpc) is 3.56. The molecule has 0 radical (unpaired) electrons. The van der Waals surface area contributed by atoms with E-state index in [-0.39, 0.29) is 36.1 Å². The molecule has 0 fully saturated rings. The van der Waals surface area contributed by atoms with E-state index in [4.69, 9.17) is 4.74 Å². The number of fused-ring (bicyclic) bond motifs is 1. The number of nitrogens with zero attached hydrogens (tertiary/aromatic N) is 4. The van der Waals surface area contributed by atoms with Gasteiger partial charge < -0.3 is 19.9 Å². The monoisotopic (exact) mass is 558 g/mol. The number of hydrogen-bond acceptors (Lipinski definition) is 10. The van der Waals surface area contributed by atoms with Gasteiger partial charge in [-0.15, -0.1) is 21.5 Å². The smallest absolute Gasteiger partial charge is 0.341 e. The number of nitrogens with one attached hydrogen (secondary N) is 2. The summed E-state index contributed by atoms with van der Waals surface area (Å²) >= 11 is 2.58. The second kappa shape index (κ2) is 11.7. The number of carbonyl (C=O) groups excluding carboxylic acids is 3. The van der Waals surface area contributed by atoms with Crippen molar-refractivity contribution >= 4 is 51.6 Å². The molecule has 12 nitrogen and oxygen atoms in total. The fraction of sp³-hybridized carbons (Fsp3) is 0.375. The summed E-state index contributed by atoms with van der Waals surface area (Å²) in [5.74, 6) is -0.711. The fourth-order valence-electron chi connectivity index (χ4n) is 4.04. The van der Waals surface area contributed by atoms with Crippen LogP contribution in [0.4, 0.5) is 10.7 Å². The summed E-state index contributed by atoms with van der Waals surface area (Å²) < 4.78 is 6.85. The van der Waals surface area contributed by atoms with Crippen LogP contribution in [0.25, 0.3) is 0 Å². The number of aryl methyl sites for hydroxylation is 2. The molecule has 2 N–H and O–H groups in total. The molecule has 2 aromatic heterocycles. The zero-order valence-corrected chi connectivity index (χ0v) is 22.7. The highest BCUT2D eigenvalue weighted by Crippen LogP contribution is 2.39. The molecule has 0 saturated heterocycles. The van der Waals surface area contributed by atoms with Crippen molar-refractivity contribution in [1.29, 1.82) is 0 Å². The normalized spacial score (nSPS) is 12.2. The predicted octanol–water partition coefficient (Wildman–Crippen LogP) is 3.42. The number of nitro benzene ring substituents is 1. The lowest BCUT2D eigenvalue weighted by Crippen LogP contribution is -2.24. The first kappa shape index (κ1) is 27.3. The van der Waals surface area contributed by atoms with Crippen LogP contribution in [0.3, 0.4) is 0 Å². The van der Waals surface area contributed by atoms with Crippen molar-refractivity contribution in [1.82, 2.24) is 20.1 Å². The van der Waals surface area contributed by atoms with Gasteiger partial charge >= 0.3 is 5.97 Å². The number of hydrogen-bond donors (Lipinski definition) is 2. The van der Waals surface area contributed by atoms with Gasteiger partial charge in [-0.1, -0.05) is 17.8 Å². The Morgan fingerprint density at radius 1 is 1.26 bits per heavy atom. The van der Waals surface area contributed by atoms with E-state index in [2.05, 4.69) is 20.8 Å². The van der Waals surface area contributed by atoms with Crippen LogP contribution in [0.1, 0.15) is 55.9 Å².